The van der Waals surface area contributed by atoms with Gasteiger partial charge < -0.3 is 9.80 Å². The van der Waals surface area contributed by atoms with Gasteiger partial charge in [-0.2, -0.15) is 0 Å². The van der Waals surface area contributed by atoms with Crippen LogP contribution in [0, 0.1) is 6.92 Å². The quantitative estimate of drug-likeness (QED) is 0.503. The maximum Gasteiger partial charge on any atom is 0.147 e. The van der Waals surface area contributed by atoms with Crippen molar-refractivity contribution in [1.82, 2.24) is 14.5 Å². The van der Waals surface area contributed by atoms with Gasteiger partial charge in [-0.25, -0.2) is 4.98 Å². The van der Waals surface area contributed by atoms with Crippen molar-refractivity contribution in [2.45, 2.75) is 20.0 Å². The number of para-hydroxylation sites is 2. The van der Waals surface area contributed by atoms with Crippen LogP contribution in [-0.4, -0.2) is 27.7 Å². The van der Waals surface area contributed by atoms with Crippen LogP contribution in [0.4, 0.5) is 5.69 Å². The molecule has 0 amide bonds. The average Bonchev–Trinajstić information content (AvgIpc) is 3.20. The number of rotatable bonds is 2. The summed E-state index contributed by atoms with van der Waals surface area (Å²) >= 11 is 0. The van der Waals surface area contributed by atoms with Gasteiger partial charge in [0.25, 0.3) is 0 Å². The number of hydrogen-bond acceptors (Lipinski definition) is 3. The van der Waals surface area contributed by atoms with Crippen LogP contribution < -0.4 is 4.90 Å². The fourth-order valence-electron chi connectivity index (χ4n) is 4.05. The molecular weight excluding hydrogens is 332 g/mol. The van der Waals surface area contributed by atoms with Gasteiger partial charge in [0, 0.05) is 36.7 Å². The second-order valence-electron chi connectivity index (χ2n) is 7.18. The molecule has 0 saturated heterocycles. The van der Waals surface area contributed by atoms with Crippen LogP contribution in [0.2, 0.25) is 0 Å². The highest BCUT2D eigenvalue weighted by Crippen LogP contribution is 2.40. The van der Waals surface area contributed by atoms with Crippen LogP contribution in [0.5, 0.6) is 0 Å². The highest BCUT2D eigenvalue weighted by Gasteiger charge is 2.26. The summed E-state index contributed by atoms with van der Waals surface area (Å²) in [5.41, 5.74) is 5.73. The molecule has 0 fully saturated rings. The monoisotopic (exact) mass is 354 g/mol. The fourth-order valence-corrected chi connectivity index (χ4v) is 4.05. The molecule has 4 nitrogen and oxygen atoms in total. The maximum absolute atomic E-state index is 4.87. The molecule has 1 atom stereocenters. The Morgan fingerprint density at radius 1 is 0.926 bits per heavy atom. The summed E-state index contributed by atoms with van der Waals surface area (Å²) in [6, 6.07) is 19.1. The lowest BCUT2D eigenvalue weighted by Crippen LogP contribution is -2.33. The molecule has 4 aromatic rings. The Morgan fingerprint density at radius 2 is 1.67 bits per heavy atom. The Bertz CT molecular complexity index is 1170. The molecule has 5 rings (SSSR count). The van der Waals surface area contributed by atoms with Gasteiger partial charge in [0.15, 0.2) is 0 Å². The largest absolute Gasteiger partial charge is 0.359 e. The van der Waals surface area contributed by atoms with E-state index in [2.05, 4.69) is 96.2 Å². The number of pyridine rings is 1. The minimum atomic E-state index is 0.271. The Morgan fingerprint density at radius 3 is 2.41 bits per heavy atom. The van der Waals surface area contributed by atoms with Crippen LogP contribution in [-0.2, 0) is 0 Å². The minimum absolute atomic E-state index is 0.271. The van der Waals surface area contributed by atoms with E-state index in [1.807, 2.05) is 12.3 Å². The third kappa shape index (κ3) is 2.26. The first kappa shape index (κ1) is 15.9. The first-order valence-electron chi connectivity index (χ1n) is 9.29. The van der Waals surface area contributed by atoms with Crippen molar-refractivity contribution < 1.29 is 0 Å². The van der Waals surface area contributed by atoms with E-state index in [0.29, 0.717) is 0 Å². The molecule has 0 radical (unpaired) electrons. The molecule has 0 N–H and O–H groups in total. The van der Waals surface area contributed by atoms with Gasteiger partial charge in [-0.15, -0.1) is 0 Å². The van der Waals surface area contributed by atoms with E-state index >= 15 is 0 Å². The van der Waals surface area contributed by atoms with E-state index in [1.54, 1.807) is 0 Å². The van der Waals surface area contributed by atoms with E-state index in [-0.39, 0.29) is 6.17 Å². The van der Waals surface area contributed by atoms with E-state index in [1.165, 1.54) is 27.5 Å². The minimum Gasteiger partial charge on any atom is -0.359 e. The lowest BCUT2D eigenvalue weighted by Gasteiger charge is -2.29. The van der Waals surface area contributed by atoms with Crippen molar-refractivity contribution in [3.05, 3.63) is 78.8 Å². The molecule has 3 heterocycles. The summed E-state index contributed by atoms with van der Waals surface area (Å²) in [4.78, 5) is 9.44. The molecule has 2 aromatic heterocycles. The molecule has 0 unspecified atom stereocenters. The van der Waals surface area contributed by atoms with Crippen LogP contribution in [0.25, 0.3) is 27.6 Å². The molecule has 2 aromatic carbocycles. The summed E-state index contributed by atoms with van der Waals surface area (Å²) in [6.45, 7) is 4.37. The van der Waals surface area contributed by atoms with E-state index in [9.17, 15) is 0 Å². The predicted octanol–water partition coefficient (Wildman–Crippen LogP) is 5.06. The smallest absolute Gasteiger partial charge is 0.147 e. The van der Waals surface area contributed by atoms with Crippen LogP contribution >= 0.6 is 0 Å². The normalized spacial score (nSPS) is 16.8. The zero-order chi connectivity index (χ0) is 18.5. The maximum atomic E-state index is 4.87. The van der Waals surface area contributed by atoms with Crippen LogP contribution in [0.15, 0.2) is 73.2 Å². The lowest BCUT2D eigenvalue weighted by molar-refractivity contribution is 0.383. The van der Waals surface area contributed by atoms with Crippen LogP contribution in [0.3, 0.4) is 0 Å². The van der Waals surface area contributed by atoms with E-state index in [4.69, 9.17) is 4.98 Å². The van der Waals surface area contributed by atoms with Crippen LogP contribution in [0.1, 0.15) is 12.5 Å². The third-order valence-corrected chi connectivity index (χ3v) is 5.57. The number of hydrogen-bond donors (Lipinski definition) is 0. The van der Waals surface area contributed by atoms with Crippen molar-refractivity contribution in [2.75, 3.05) is 11.9 Å². The second kappa shape index (κ2) is 5.88. The molecule has 1 aliphatic rings. The molecule has 0 aliphatic carbocycles. The number of fused-ring (bicyclic) bond motifs is 3. The summed E-state index contributed by atoms with van der Waals surface area (Å²) in [6.07, 6.45) is 6.57. The van der Waals surface area contributed by atoms with E-state index < -0.39 is 0 Å². The first-order chi connectivity index (χ1) is 13.2. The first-order valence-corrected chi connectivity index (χ1v) is 9.29. The SMILES string of the molecule is Cc1cnc2c(c1N1C=CN(C)[C@@H]1C)c1ccccc1n2-c1ccccc1. The Hall–Kier alpha value is -3.27. The summed E-state index contributed by atoms with van der Waals surface area (Å²) in [5.74, 6) is 0. The molecule has 0 saturated carbocycles. The van der Waals surface area contributed by atoms with Gasteiger partial charge in [0.1, 0.15) is 11.8 Å². The van der Waals surface area contributed by atoms with Gasteiger partial charge in [0.05, 0.1) is 16.6 Å². The molecule has 134 valence electrons. The predicted molar refractivity (Wildman–Crippen MR) is 112 cm³/mol. The zero-order valence-electron chi connectivity index (χ0n) is 15.8. The number of benzene rings is 2. The molecular formula is C23H22N4. The van der Waals surface area contributed by atoms with Gasteiger partial charge in [-0.1, -0.05) is 36.4 Å². The number of aryl methyl sites for hydroxylation is 1. The van der Waals surface area contributed by atoms with Gasteiger partial charge in [0.2, 0.25) is 0 Å². The topological polar surface area (TPSA) is 24.3 Å². The molecule has 0 spiro atoms. The highest BCUT2D eigenvalue weighted by molar-refractivity contribution is 6.14. The Kier molecular flexibility index (Phi) is 3.47. The van der Waals surface area contributed by atoms with Crippen molar-refractivity contribution in [3.63, 3.8) is 0 Å². The van der Waals surface area contributed by atoms with Crippen molar-refractivity contribution >= 4 is 27.6 Å². The second-order valence-corrected chi connectivity index (χ2v) is 7.18. The Balaban J connectivity index is 1.91. The molecule has 0 bridgehead atoms. The Labute approximate surface area is 159 Å². The van der Waals surface area contributed by atoms with Gasteiger partial charge in [-0.3, -0.25) is 4.57 Å². The van der Waals surface area contributed by atoms with Crippen molar-refractivity contribution in [1.29, 1.82) is 0 Å². The summed E-state index contributed by atoms with van der Waals surface area (Å²) in [5, 5.41) is 2.44. The zero-order valence-corrected chi connectivity index (χ0v) is 15.8. The number of anilines is 1. The summed E-state index contributed by atoms with van der Waals surface area (Å²) in [7, 11) is 2.11. The van der Waals surface area contributed by atoms with Crippen molar-refractivity contribution in [2.24, 2.45) is 0 Å². The fraction of sp³-hybridized carbons (Fsp3) is 0.174. The number of aromatic nitrogens is 2. The average molecular weight is 354 g/mol. The highest BCUT2D eigenvalue weighted by atomic mass is 15.4. The summed E-state index contributed by atoms with van der Waals surface area (Å²) < 4.78 is 2.27. The standard InChI is InChI=1S/C23H22N4/c1-16-15-24-23-21(22(16)26-14-13-25(3)17(26)2)19-11-7-8-12-20(19)27(23)18-9-5-4-6-10-18/h4-15,17H,1-3H3/t17-/m0/s1. The van der Waals surface area contributed by atoms with Gasteiger partial charge >= 0.3 is 0 Å². The molecule has 1 aliphatic heterocycles. The lowest BCUT2D eigenvalue weighted by atomic mass is 10.1. The van der Waals surface area contributed by atoms with E-state index in [0.717, 1.165) is 11.3 Å². The number of nitrogens with zero attached hydrogens (tertiary/aromatic N) is 4. The van der Waals surface area contributed by atoms with Crippen molar-refractivity contribution in [3.8, 4) is 5.69 Å². The van der Waals surface area contributed by atoms with Gasteiger partial charge in [-0.05, 0) is 37.6 Å². The molecule has 27 heavy (non-hydrogen) atoms. The third-order valence-electron chi connectivity index (χ3n) is 5.57. The molecule has 4 heteroatoms.